The van der Waals surface area contributed by atoms with E-state index in [9.17, 15) is 13.0 Å². The molecule has 1 aromatic carbocycles. The Morgan fingerprint density at radius 1 is 1.21 bits per heavy atom. The zero-order valence-electron chi connectivity index (χ0n) is 15.4. The number of nitrogens with two attached hydrogens (primary N) is 1. The molecule has 28 heavy (non-hydrogen) atoms. The largest absolute Gasteiger partial charge is 0.378 e. The smallest absolute Gasteiger partial charge is 0.296 e. The van der Waals surface area contributed by atoms with Gasteiger partial charge in [-0.1, -0.05) is 6.07 Å². The molecular formula is C16H23N7O4S. The standard InChI is InChI=1S/C16H23N7O4S/c1-11-2-3-13(28(24,25)26)12(10-11)19-15-20-14(18-5-4-17)21-16(22-15)23-6-8-27-9-7-23/h2-3,10H,4-9,17H2,1H3,(H,24,25,26)(H2,18,19,20,21,22). The van der Waals surface area contributed by atoms with Crippen molar-refractivity contribution in [3.05, 3.63) is 23.8 Å². The van der Waals surface area contributed by atoms with Crippen LogP contribution in [0.3, 0.4) is 0 Å². The van der Waals surface area contributed by atoms with Crippen LogP contribution in [0.15, 0.2) is 23.1 Å². The zero-order chi connectivity index (χ0) is 20.1. The van der Waals surface area contributed by atoms with Crippen molar-refractivity contribution in [3.63, 3.8) is 0 Å². The van der Waals surface area contributed by atoms with E-state index in [1.54, 1.807) is 19.1 Å². The maximum atomic E-state index is 11.7. The van der Waals surface area contributed by atoms with Crippen LogP contribution in [0.5, 0.6) is 0 Å². The summed E-state index contributed by atoms with van der Waals surface area (Å²) in [7, 11) is -4.42. The van der Waals surface area contributed by atoms with Crippen molar-refractivity contribution in [2.24, 2.45) is 5.73 Å². The lowest BCUT2D eigenvalue weighted by Crippen LogP contribution is -2.37. The lowest BCUT2D eigenvalue weighted by Gasteiger charge is -2.27. The van der Waals surface area contributed by atoms with Gasteiger partial charge in [0.25, 0.3) is 10.1 Å². The summed E-state index contributed by atoms with van der Waals surface area (Å²) in [6, 6.07) is 4.51. The van der Waals surface area contributed by atoms with Gasteiger partial charge in [0.1, 0.15) is 4.90 Å². The quantitative estimate of drug-likeness (QED) is 0.469. The molecule has 1 fully saturated rings. The third kappa shape index (κ3) is 5.04. The Morgan fingerprint density at radius 3 is 2.61 bits per heavy atom. The maximum absolute atomic E-state index is 11.7. The number of nitrogens with one attached hydrogen (secondary N) is 2. The second-order valence-electron chi connectivity index (χ2n) is 6.20. The first-order chi connectivity index (χ1) is 13.4. The number of benzene rings is 1. The van der Waals surface area contributed by atoms with Gasteiger partial charge >= 0.3 is 0 Å². The SMILES string of the molecule is Cc1ccc(S(=O)(=O)O)c(Nc2nc(NCCN)nc(N3CCOCC3)n2)c1. The van der Waals surface area contributed by atoms with Crippen LogP contribution in [-0.4, -0.2) is 67.3 Å². The van der Waals surface area contributed by atoms with Crippen LogP contribution < -0.4 is 21.3 Å². The minimum atomic E-state index is -4.42. The van der Waals surface area contributed by atoms with Gasteiger partial charge in [0, 0.05) is 26.2 Å². The Morgan fingerprint density at radius 2 is 1.93 bits per heavy atom. The average molecular weight is 409 g/mol. The van der Waals surface area contributed by atoms with Crippen LogP contribution in [0.4, 0.5) is 23.5 Å². The van der Waals surface area contributed by atoms with Crippen molar-refractivity contribution in [2.45, 2.75) is 11.8 Å². The molecule has 1 aliphatic rings. The van der Waals surface area contributed by atoms with E-state index in [2.05, 4.69) is 25.6 Å². The molecule has 152 valence electrons. The molecule has 1 aliphatic heterocycles. The minimum Gasteiger partial charge on any atom is -0.378 e. The summed E-state index contributed by atoms with van der Waals surface area (Å²) in [5.41, 5.74) is 6.51. The number of aryl methyl sites for hydroxylation is 1. The molecule has 2 heterocycles. The van der Waals surface area contributed by atoms with Crippen LogP contribution in [0.2, 0.25) is 0 Å². The normalized spacial score (nSPS) is 14.8. The van der Waals surface area contributed by atoms with Gasteiger partial charge in [0.05, 0.1) is 18.9 Å². The van der Waals surface area contributed by atoms with Crippen LogP contribution >= 0.6 is 0 Å². The van der Waals surface area contributed by atoms with Crippen LogP contribution in [0.25, 0.3) is 0 Å². The highest BCUT2D eigenvalue weighted by molar-refractivity contribution is 7.86. The van der Waals surface area contributed by atoms with E-state index < -0.39 is 10.1 Å². The summed E-state index contributed by atoms with van der Waals surface area (Å²) in [5, 5.41) is 5.89. The molecule has 2 aromatic rings. The molecule has 11 nitrogen and oxygen atoms in total. The molecule has 1 aromatic heterocycles. The first kappa shape index (κ1) is 20.2. The van der Waals surface area contributed by atoms with Crippen molar-refractivity contribution in [2.75, 3.05) is 54.9 Å². The molecule has 0 bridgehead atoms. The molecule has 3 rings (SSSR count). The lowest BCUT2D eigenvalue weighted by molar-refractivity contribution is 0.122. The van der Waals surface area contributed by atoms with E-state index in [1.807, 2.05) is 4.90 Å². The molecular weight excluding hydrogens is 386 g/mol. The highest BCUT2D eigenvalue weighted by Gasteiger charge is 2.19. The van der Waals surface area contributed by atoms with Gasteiger partial charge < -0.3 is 26.0 Å². The first-order valence-corrected chi connectivity index (χ1v) is 10.2. The molecule has 0 saturated carbocycles. The molecule has 0 unspecified atom stereocenters. The van der Waals surface area contributed by atoms with E-state index in [0.29, 0.717) is 51.3 Å². The third-order valence-electron chi connectivity index (χ3n) is 4.00. The number of anilines is 4. The number of ether oxygens (including phenoxy) is 1. The molecule has 12 heteroatoms. The Labute approximate surface area is 163 Å². The Kier molecular flexibility index (Phi) is 6.24. The fourth-order valence-electron chi connectivity index (χ4n) is 2.68. The predicted octanol–water partition coefficient (Wildman–Crippen LogP) is 0.378. The van der Waals surface area contributed by atoms with E-state index in [-0.39, 0.29) is 16.5 Å². The van der Waals surface area contributed by atoms with Gasteiger partial charge in [-0.2, -0.15) is 23.4 Å². The number of aromatic nitrogens is 3. The Hall–Kier alpha value is -2.54. The summed E-state index contributed by atoms with van der Waals surface area (Å²) in [6.45, 7) is 5.04. The molecule has 0 atom stereocenters. The number of hydrogen-bond donors (Lipinski definition) is 4. The number of morpholine rings is 1. The molecule has 0 aliphatic carbocycles. The maximum Gasteiger partial charge on any atom is 0.296 e. The molecule has 0 radical (unpaired) electrons. The third-order valence-corrected chi connectivity index (χ3v) is 4.92. The summed E-state index contributed by atoms with van der Waals surface area (Å²) < 4.78 is 38.2. The van der Waals surface area contributed by atoms with E-state index >= 15 is 0 Å². The highest BCUT2D eigenvalue weighted by atomic mass is 32.2. The van der Waals surface area contributed by atoms with E-state index in [1.165, 1.54) is 6.07 Å². The average Bonchev–Trinajstić information content (AvgIpc) is 2.66. The van der Waals surface area contributed by atoms with Crippen molar-refractivity contribution in [1.82, 2.24) is 15.0 Å². The topological polar surface area (TPSA) is 156 Å². The fourth-order valence-corrected chi connectivity index (χ4v) is 3.30. The Bertz CT molecular complexity index is 933. The van der Waals surface area contributed by atoms with E-state index in [4.69, 9.17) is 10.5 Å². The number of nitrogens with zero attached hydrogens (tertiary/aromatic N) is 4. The molecule has 1 saturated heterocycles. The van der Waals surface area contributed by atoms with Gasteiger partial charge in [-0.3, -0.25) is 4.55 Å². The van der Waals surface area contributed by atoms with Crippen molar-refractivity contribution >= 4 is 33.7 Å². The van der Waals surface area contributed by atoms with Crippen molar-refractivity contribution in [3.8, 4) is 0 Å². The van der Waals surface area contributed by atoms with Crippen LogP contribution in [0, 0.1) is 6.92 Å². The monoisotopic (exact) mass is 409 g/mol. The second kappa shape index (κ2) is 8.65. The number of rotatable bonds is 7. The van der Waals surface area contributed by atoms with Gasteiger partial charge in [-0.25, -0.2) is 0 Å². The zero-order valence-corrected chi connectivity index (χ0v) is 16.2. The summed E-state index contributed by atoms with van der Waals surface area (Å²) in [6.07, 6.45) is 0. The molecule has 0 amide bonds. The first-order valence-electron chi connectivity index (χ1n) is 8.74. The van der Waals surface area contributed by atoms with Crippen molar-refractivity contribution < 1.29 is 17.7 Å². The molecule has 0 spiro atoms. The van der Waals surface area contributed by atoms with Gasteiger partial charge in [0.2, 0.25) is 17.8 Å². The second-order valence-corrected chi connectivity index (χ2v) is 7.59. The summed E-state index contributed by atoms with van der Waals surface area (Å²) in [4.78, 5) is 14.8. The van der Waals surface area contributed by atoms with Crippen molar-refractivity contribution in [1.29, 1.82) is 0 Å². The lowest BCUT2D eigenvalue weighted by atomic mass is 10.2. The highest BCUT2D eigenvalue weighted by Crippen LogP contribution is 2.26. The Balaban J connectivity index is 1.98. The van der Waals surface area contributed by atoms with E-state index in [0.717, 1.165) is 5.56 Å². The predicted molar refractivity (Wildman–Crippen MR) is 105 cm³/mol. The molecule has 5 N–H and O–H groups in total. The van der Waals surface area contributed by atoms with Gasteiger partial charge in [-0.15, -0.1) is 0 Å². The van der Waals surface area contributed by atoms with Crippen LogP contribution in [0.1, 0.15) is 5.56 Å². The van der Waals surface area contributed by atoms with Gasteiger partial charge in [-0.05, 0) is 24.6 Å². The summed E-state index contributed by atoms with van der Waals surface area (Å²) in [5.74, 6) is 0.887. The number of hydrogen-bond acceptors (Lipinski definition) is 10. The minimum absolute atomic E-state index is 0.145. The summed E-state index contributed by atoms with van der Waals surface area (Å²) >= 11 is 0. The van der Waals surface area contributed by atoms with Gasteiger partial charge in [0.15, 0.2) is 0 Å². The fraction of sp³-hybridized carbons (Fsp3) is 0.438. The van der Waals surface area contributed by atoms with Crippen LogP contribution in [-0.2, 0) is 14.9 Å².